The third kappa shape index (κ3) is 3.65. The van der Waals surface area contributed by atoms with E-state index in [0.29, 0.717) is 12.2 Å². The number of benzene rings is 3. The smallest absolute Gasteiger partial charge is 0.340 e. The quantitative estimate of drug-likeness (QED) is 0.266. The van der Waals surface area contributed by atoms with Gasteiger partial charge in [0, 0.05) is 23.3 Å². The lowest BCUT2D eigenvalue weighted by atomic mass is 9.85. The first kappa shape index (κ1) is 21.2. The van der Waals surface area contributed by atoms with E-state index in [9.17, 15) is 4.79 Å². The molecule has 0 atom stereocenters. The van der Waals surface area contributed by atoms with Crippen LogP contribution < -0.4 is 4.74 Å². The van der Waals surface area contributed by atoms with E-state index in [2.05, 4.69) is 62.6 Å². The number of hydrogen-bond donors (Lipinski definition) is 0. The van der Waals surface area contributed by atoms with E-state index >= 15 is 0 Å². The zero-order valence-electron chi connectivity index (χ0n) is 19.3. The summed E-state index contributed by atoms with van der Waals surface area (Å²) >= 11 is 0. The number of carbonyl (C=O) groups is 1. The van der Waals surface area contributed by atoms with Gasteiger partial charge in [0.15, 0.2) is 0 Å². The van der Waals surface area contributed by atoms with Gasteiger partial charge in [0.2, 0.25) is 0 Å². The minimum Gasteiger partial charge on any atom is -0.497 e. The Bertz CT molecular complexity index is 1290. The lowest BCUT2D eigenvalue weighted by Crippen LogP contribution is -2.11. The third-order valence-corrected chi connectivity index (χ3v) is 6.10. The number of nitrogens with zero attached hydrogens (tertiary/aromatic N) is 1. The Hall–Kier alpha value is -3.01. The first-order valence-corrected chi connectivity index (χ1v) is 11.0. The van der Waals surface area contributed by atoms with Crippen molar-refractivity contribution in [3.05, 3.63) is 53.6 Å². The fourth-order valence-electron chi connectivity index (χ4n) is 4.28. The molecule has 3 aromatic carbocycles. The van der Waals surface area contributed by atoms with Crippen LogP contribution in [-0.2, 0) is 17.2 Å². The van der Waals surface area contributed by atoms with Gasteiger partial charge in [-0.05, 0) is 52.4 Å². The highest BCUT2D eigenvalue weighted by Crippen LogP contribution is 2.39. The topological polar surface area (TPSA) is 40.5 Å². The number of esters is 1. The molecule has 162 valence electrons. The Labute approximate surface area is 183 Å². The lowest BCUT2D eigenvalue weighted by molar-refractivity contribution is 0.0502. The molecular weight excluding hydrogens is 386 g/mol. The molecule has 4 aromatic rings. The highest BCUT2D eigenvalue weighted by atomic mass is 16.5. The normalized spacial score (nSPS) is 12.1. The van der Waals surface area contributed by atoms with Crippen LogP contribution in [0.3, 0.4) is 0 Å². The van der Waals surface area contributed by atoms with Gasteiger partial charge in [0.05, 0.1) is 24.8 Å². The minimum absolute atomic E-state index is 0.0208. The Morgan fingerprint density at radius 1 is 1.03 bits per heavy atom. The van der Waals surface area contributed by atoms with Crippen molar-refractivity contribution in [1.29, 1.82) is 0 Å². The molecule has 4 nitrogen and oxygen atoms in total. The van der Waals surface area contributed by atoms with Crippen molar-refractivity contribution in [2.24, 2.45) is 7.05 Å². The fraction of sp³-hybridized carbons (Fsp3) is 0.370. The number of rotatable bonds is 5. The number of methoxy groups -OCH3 is 1. The van der Waals surface area contributed by atoms with Crippen LogP contribution in [0.4, 0.5) is 0 Å². The predicted molar refractivity (Wildman–Crippen MR) is 128 cm³/mol. The summed E-state index contributed by atoms with van der Waals surface area (Å²) in [5.41, 5.74) is 3.84. The average molecular weight is 418 g/mol. The molecule has 4 rings (SSSR count). The van der Waals surface area contributed by atoms with Crippen LogP contribution in [0.5, 0.6) is 5.75 Å². The number of hydrogen-bond acceptors (Lipinski definition) is 3. The Balaban J connectivity index is 2.09. The number of unbranched alkanes of at least 4 members (excludes halogenated alkanes) is 1. The van der Waals surface area contributed by atoms with Crippen LogP contribution in [0.15, 0.2) is 42.5 Å². The largest absolute Gasteiger partial charge is 0.497 e. The van der Waals surface area contributed by atoms with Crippen molar-refractivity contribution in [3.63, 3.8) is 0 Å². The van der Waals surface area contributed by atoms with Gasteiger partial charge in [-0.3, -0.25) is 0 Å². The molecule has 0 radical (unpaired) electrons. The second kappa shape index (κ2) is 7.92. The van der Waals surface area contributed by atoms with E-state index < -0.39 is 0 Å². The maximum Gasteiger partial charge on any atom is 0.340 e. The van der Waals surface area contributed by atoms with Crippen LogP contribution in [0.2, 0.25) is 0 Å². The fourth-order valence-corrected chi connectivity index (χ4v) is 4.28. The summed E-state index contributed by atoms with van der Waals surface area (Å²) in [6.07, 6.45) is 1.85. The molecule has 0 bridgehead atoms. The summed E-state index contributed by atoms with van der Waals surface area (Å²) in [5, 5.41) is 4.33. The van der Waals surface area contributed by atoms with Crippen LogP contribution in [0, 0.1) is 0 Å². The summed E-state index contributed by atoms with van der Waals surface area (Å²) in [6, 6.07) is 14.6. The number of aromatic nitrogens is 1. The Morgan fingerprint density at radius 3 is 2.48 bits per heavy atom. The SMILES string of the molecule is CCCCOC(=O)c1cc2cc(C(C)(C)C)ccc2c2c3cc(OC)ccc3n(C)c12. The standard InChI is InChI=1S/C27H31NO3/c1-7-8-13-31-26(29)22-15-17-14-18(27(2,3)4)9-11-20(17)24-21-16-19(30-6)10-12-23(21)28(5)25(22)24/h9-12,14-16H,7-8,13H2,1-6H3. The highest BCUT2D eigenvalue weighted by molar-refractivity contribution is 6.25. The number of ether oxygens (including phenoxy) is 2. The van der Waals surface area contributed by atoms with Crippen molar-refractivity contribution in [1.82, 2.24) is 4.57 Å². The predicted octanol–water partition coefficient (Wildman–Crippen LogP) is 6.75. The summed E-state index contributed by atoms with van der Waals surface area (Å²) in [7, 11) is 3.69. The van der Waals surface area contributed by atoms with Gasteiger partial charge in [-0.15, -0.1) is 0 Å². The zero-order valence-corrected chi connectivity index (χ0v) is 19.3. The van der Waals surface area contributed by atoms with Gasteiger partial charge < -0.3 is 14.0 Å². The number of fused-ring (bicyclic) bond motifs is 5. The maximum atomic E-state index is 13.2. The molecule has 0 aliphatic heterocycles. The van der Waals surface area contributed by atoms with E-state index in [1.54, 1.807) is 7.11 Å². The molecular formula is C27H31NO3. The first-order valence-electron chi connectivity index (χ1n) is 11.0. The van der Waals surface area contributed by atoms with Crippen LogP contribution in [0.25, 0.3) is 32.6 Å². The molecule has 0 amide bonds. The molecule has 0 aliphatic rings. The van der Waals surface area contributed by atoms with Gasteiger partial charge in [-0.2, -0.15) is 0 Å². The van der Waals surface area contributed by atoms with Crippen molar-refractivity contribution < 1.29 is 14.3 Å². The van der Waals surface area contributed by atoms with Gasteiger partial charge in [-0.25, -0.2) is 4.79 Å². The molecule has 0 fully saturated rings. The second-order valence-corrected chi connectivity index (χ2v) is 9.27. The van der Waals surface area contributed by atoms with E-state index in [0.717, 1.165) is 51.2 Å². The monoisotopic (exact) mass is 417 g/mol. The van der Waals surface area contributed by atoms with Crippen molar-refractivity contribution >= 4 is 38.5 Å². The molecule has 4 heteroatoms. The molecule has 1 heterocycles. The van der Waals surface area contributed by atoms with Crippen molar-refractivity contribution in [2.75, 3.05) is 13.7 Å². The Morgan fingerprint density at radius 2 is 1.81 bits per heavy atom. The van der Waals surface area contributed by atoms with Gasteiger partial charge in [0.1, 0.15) is 5.75 Å². The van der Waals surface area contributed by atoms with Gasteiger partial charge in [0.25, 0.3) is 0 Å². The molecule has 1 aromatic heterocycles. The summed E-state index contributed by atoms with van der Waals surface area (Å²) in [6.45, 7) is 9.14. The lowest BCUT2D eigenvalue weighted by Gasteiger charge is -2.20. The molecule has 0 unspecified atom stereocenters. The van der Waals surface area contributed by atoms with Gasteiger partial charge in [-0.1, -0.05) is 52.3 Å². The second-order valence-electron chi connectivity index (χ2n) is 9.27. The Kier molecular flexibility index (Phi) is 5.42. The van der Waals surface area contributed by atoms with Crippen molar-refractivity contribution in [3.8, 4) is 5.75 Å². The molecule has 31 heavy (non-hydrogen) atoms. The van der Waals surface area contributed by atoms with Crippen LogP contribution in [-0.4, -0.2) is 24.3 Å². The van der Waals surface area contributed by atoms with E-state index in [-0.39, 0.29) is 11.4 Å². The minimum atomic E-state index is -0.264. The summed E-state index contributed by atoms with van der Waals surface area (Å²) < 4.78 is 13.2. The van der Waals surface area contributed by atoms with E-state index in [4.69, 9.17) is 9.47 Å². The number of aryl methyl sites for hydroxylation is 1. The summed E-state index contributed by atoms with van der Waals surface area (Å²) in [4.78, 5) is 13.2. The van der Waals surface area contributed by atoms with Crippen LogP contribution >= 0.6 is 0 Å². The maximum absolute atomic E-state index is 13.2. The van der Waals surface area contributed by atoms with Crippen LogP contribution in [0.1, 0.15) is 56.5 Å². The summed E-state index contributed by atoms with van der Waals surface area (Å²) in [5.74, 6) is 0.537. The molecule has 0 saturated heterocycles. The number of carbonyl (C=O) groups excluding carboxylic acids is 1. The highest BCUT2D eigenvalue weighted by Gasteiger charge is 2.22. The molecule has 0 saturated carbocycles. The van der Waals surface area contributed by atoms with Crippen molar-refractivity contribution in [2.45, 2.75) is 46.0 Å². The molecule has 0 N–H and O–H groups in total. The molecule has 0 aliphatic carbocycles. The zero-order chi connectivity index (χ0) is 22.3. The first-order chi connectivity index (χ1) is 14.8. The average Bonchev–Trinajstić information content (AvgIpc) is 3.04. The van der Waals surface area contributed by atoms with E-state index in [1.807, 2.05) is 19.2 Å². The molecule has 0 spiro atoms. The van der Waals surface area contributed by atoms with E-state index in [1.165, 1.54) is 5.56 Å². The van der Waals surface area contributed by atoms with Gasteiger partial charge >= 0.3 is 5.97 Å². The third-order valence-electron chi connectivity index (χ3n) is 6.10.